The largest absolute Gasteiger partial charge is 0.375 e. The van der Waals surface area contributed by atoms with Gasteiger partial charge in [0.05, 0.1) is 12.2 Å². The predicted octanol–water partition coefficient (Wildman–Crippen LogP) is 5.55. The van der Waals surface area contributed by atoms with Crippen LogP contribution < -0.4 is 0 Å². The van der Waals surface area contributed by atoms with Crippen molar-refractivity contribution in [2.24, 2.45) is 5.41 Å². The second kappa shape index (κ2) is 7.75. The third kappa shape index (κ3) is 3.63. The molecule has 0 heterocycles. The van der Waals surface area contributed by atoms with Crippen molar-refractivity contribution in [2.45, 2.75) is 96.6 Å². The molecule has 0 bridgehead atoms. The Morgan fingerprint density at radius 3 is 2.33 bits per heavy atom. The average molecular weight is 275 g/mol. The van der Waals surface area contributed by atoms with Crippen molar-refractivity contribution in [1.29, 1.82) is 0 Å². The Morgan fingerprint density at radius 2 is 1.83 bits per heavy atom. The number of halogens is 1. The van der Waals surface area contributed by atoms with Crippen LogP contribution in [0.2, 0.25) is 0 Å². The molecule has 18 heavy (non-hydrogen) atoms. The van der Waals surface area contributed by atoms with Gasteiger partial charge in [0.15, 0.2) is 0 Å². The SMILES string of the molecule is CCCCCCC(C)OC1CC(Cl)C1(CC)CC. The van der Waals surface area contributed by atoms with Crippen LogP contribution in [0.15, 0.2) is 0 Å². The van der Waals surface area contributed by atoms with Crippen molar-refractivity contribution in [3.63, 3.8) is 0 Å². The molecule has 1 fully saturated rings. The third-order valence-electron chi connectivity index (χ3n) is 4.86. The topological polar surface area (TPSA) is 9.23 Å². The first-order valence-electron chi connectivity index (χ1n) is 7.90. The van der Waals surface area contributed by atoms with Crippen LogP contribution in [0.1, 0.15) is 79.1 Å². The molecule has 0 radical (unpaired) electrons. The van der Waals surface area contributed by atoms with E-state index in [-0.39, 0.29) is 5.41 Å². The van der Waals surface area contributed by atoms with E-state index in [1.807, 2.05) is 0 Å². The number of rotatable bonds is 9. The molecule has 0 aromatic rings. The van der Waals surface area contributed by atoms with E-state index in [9.17, 15) is 0 Å². The highest BCUT2D eigenvalue weighted by Gasteiger charge is 2.52. The molecular weight excluding hydrogens is 244 g/mol. The summed E-state index contributed by atoms with van der Waals surface area (Å²) in [5.74, 6) is 0. The fourth-order valence-electron chi connectivity index (χ4n) is 3.25. The quantitative estimate of drug-likeness (QED) is 0.396. The van der Waals surface area contributed by atoms with Crippen LogP contribution >= 0.6 is 11.6 Å². The molecule has 1 rings (SSSR count). The first-order chi connectivity index (χ1) is 8.60. The number of alkyl halides is 1. The van der Waals surface area contributed by atoms with E-state index in [2.05, 4.69) is 27.7 Å². The van der Waals surface area contributed by atoms with Crippen molar-refractivity contribution in [3.05, 3.63) is 0 Å². The molecule has 3 atom stereocenters. The van der Waals surface area contributed by atoms with E-state index in [0.29, 0.717) is 17.6 Å². The molecule has 0 aromatic carbocycles. The second-order valence-corrected chi connectivity index (χ2v) is 6.46. The van der Waals surface area contributed by atoms with E-state index in [1.165, 1.54) is 32.1 Å². The number of hydrogen-bond acceptors (Lipinski definition) is 1. The van der Waals surface area contributed by atoms with Gasteiger partial charge < -0.3 is 4.74 Å². The molecule has 0 amide bonds. The fraction of sp³-hybridized carbons (Fsp3) is 1.00. The number of hydrogen-bond donors (Lipinski definition) is 0. The minimum atomic E-state index is 0.249. The highest BCUT2D eigenvalue weighted by molar-refractivity contribution is 6.21. The van der Waals surface area contributed by atoms with Gasteiger partial charge >= 0.3 is 0 Å². The molecular formula is C16H31ClO. The lowest BCUT2D eigenvalue weighted by Gasteiger charge is -2.53. The highest BCUT2D eigenvalue weighted by Crippen LogP contribution is 2.52. The molecule has 3 unspecified atom stereocenters. The number of ether oxygens (including phenoxy) is 1. The lowest BCUT2D eigenvalue weighted by Crippen LogP contribution is -2.56. The summed E-state index contributed by atoms with van der Waals surface area (Å²) in [6, 6.07) is 0. The van der Waals surface area contributed by atoms with Crippen molar-refractivity contribution in [1.82, 2.24) is 0 Å². The molecule has 0 aliphatic heterocycles. The van der Waals surface area contributed by atoms with Crippen LogP contribution in [0.3, 0.4) is 0 Å². The van der Waals surface area contributed by atoms with Crippen LogP contribution in [-0.2, 0) is 4.74 Å². The maximum atomic E-state index is 6.42. The normalized spacial score (nSPS) is 27.8. The van der Waals surface area contributed by atoms with Crippen molar-refractivity contribution >= 4 is 11.6 Å². The summed E-state index contributed by atoms with van der Waals surface area (Å²) in [7, 11) is 0. The Kier molecular flexibility index (Phi) is 7.02. The van der Waals surface area contributed by atoms with E-state index in [4.69, 9.17) is 16.3 Å². The Labute approximate surface area is 119 Å². The summed E-state index contributed by atoms with van der Waals surface area (Å²) in [6.45, 7) is 8.98. The molecule has 0 N–H and O–H groups in total. The van der Waals surface area contributed by atoms with Gasteiger partial charge in [-0.05, 0) is 32.6 Å². The summed E-state index contributed by atoms with van der Waals surface area (Å²) in [6.07, 6.45) is 10.6. The van der Waals surface area contributed by atoms with Crippen LogP contribution in [0.5, 0.6) is 0 Å². The smallest absolute Gasteiger partial charge is 0.0663 e. The van der Waals surface area contributed by atoms with Gasteiger partial charge in [-0.25, -0.2) is 0 Å². The standard InChI is InChI=1S/C16H31ClO/c1-5-8-9-10-11-13(4)18-15-12-14(17)16(15,6-2)7-3/h13-15H,5-12H2,1-4H3. The summed E-state index contributed by atoms with van der Waals surface area (Å²) in [5, 5.41) is 0.324. The molecule has 0 aromatic heterocycles. The van der Waals surface area contributed by atoms with Gasteiger partial charge in [-0.3, -0.25) is 0 Å². The van der Waals surface area contributed by atoms with E-state index < -0.39 is 0 Å². The van der Waals surface area contributed by atoms with Crippen molar-refractivity contribution in [3.8, 4) is 0 Å². The monoisotopic (exact) mass is 274 g/mol. The van der Waals surface area contributed by atoms with E-state index in [1.54, 1.807) is 0 Å². The summed E-state index contributed by atoms with van der Waals surface area (Å²) >= 11 is 6.42. The first-order valence-corrected chi connectivity index (χ1v) is 8.33. The van der Waals surface area contributed by atoms with Gasteiger partial charge in [0.1, 0.15) is 0 Å². The molecule has 1 aliphatic carbocycles. The first kappa shape index (κ1) is 16.3. The van der Waals surface area contributed by atoms with E-state index in [0.717, 1.165) is 19.3 Å². The van der Waals surface area contributed by atoms with Crippen molar-refractivity contribution in [2.75, 3.05) is 0 Å². The van der Waals surface area contributed by atoms with Gasteiger partial charge in [-0.15, -0.1) is 11.6 Å². The molecule has 1 aliphatic rings. The van der Waals surface area contributed by atoms with Gasteiger partial charge in [-0.1, -0.05) is 46.5 Å². The highest BCUT2D eigenvalue weighted by atomic mass is 35.5. The maximum Gasteiger partial charge on any atom is 0.0663 e. The zero-order valence-corrected chi connectivity index (χ0v) is 13.4. The van der Waals surface area contributed by atoms with Gasteiger partial charge in [0, 0.05) is 10.8 Å². The molecule has 108 valence electrons. The summed E-state index contributed by atoms with van der Waals surface area (Å²) < 4.78 is 6.25. The maximum absolute atomic E-state index is 6.42. The fourth-order valence-corrected chi connectivity index (χ4v) is 3.86. The van der Waals surface area contributed by atoms with Crippen LogP contribution in [0.4, 0.5) is 0 Å². The molecule has 2 heteroatoms. The van der Waals surface area contributed by atoms with Gasteiger partial charge in [0.2, 0.25) is 0 Å². The summed E-state index contributed by atoms with van der Waals surface area (Å²) in [4.78, 5) is 0. The number of unbranched alkanes of at least 4 members (excludes halogenated alkanes) is 3. The zero-order valence-electron chi connectivity index (χ0n) is 12.7. The third-order valence-corrected chi connectivity index (χ3v) is 5.48. The molecule has 1 nitrogen and oxygen atoms in total. The minimum Gasteiger partial charge on any atom is -0.375 e. The molecule has 0 saturated heterocycles. The van der Waals surface area contributed by atoms with Crippen LogP contribution in [0, 0.1) is 5.41 Å². The molecule has 0 spiro atoms. The van der Waals surface area contributed by atoms with Crippen LogP contribution in [-0.4, -0.2) is 17.6 Å². The lowest BCUT2D eigenvalue weighted by molar-refractivity contribution is -0.140. The summed E-state index contributed by atoms with van der Waals surface area (Å²) in [5.41, 5.74) is 0.249. The van der Waals surface area contributed by atoms with E-state index >= 15 is 0 Å². The second-order valence-electron chi connectivity index (χ2n) is 5.93. The minimum absolute atomic E-state index is 0.249. The zero-order chi connectivity index (χ0) is 13.6. The van der Waals surface area contributed by atoms with Gasteiger partial charge in [-0.2, -0.15) is 0 Å². The Balaban J connectivity index is 2.29. The molecule has 1 saturated carbocycles. The van der Waals surface area contributed by atoms with Gasteiger partial charge in [0.25, 0.3) is 0 Å². The average Bonchev–Trinajstić information content (AvgIpc) is 2.36. The predicted molar refractivity (Wildman–Crippen MR) is 80.4 cm³/mol. The Morgan fingerprint density at radius 1 is 1.17 bits per heavy atom. The Bertz CT molecular complexity index is 225. The van der Waals surface area contributed by atoms with Crippen LogP contribution in [0.25, 0.3) is 0 Å². The lowest BCUT2D eigenvalue weighted by atomic mass is 9.62. The van der Waals surface area contributed by atoms with Crippen molar-refractivity contribution < 1.29 is 4.74 Å². The Hall–Kier alpha value is 0.250.